The predicted octanol–water partition coefficient (Wildman–Crippen LogP) is 4.09. The minimum absolute atomic E-state index is 0.107. The fourth-order valence-electron chi connectivity index (χ4n) is 4.22. The molecule has 0 radical (unpaired) electrons. The second kappa shape index (κ2) is 11.3. The Kier molecular flexibility index (Phi) is 8.27. The van der Waals surface area contributed by atoms with Crippen LogP contribution in [0, 0.1) is 0 Å². The molecule has 6 nitrogen and oxygen atoms in total. The second-order valence-electron chi connectivity index (χ2n) is 8.38. The zero-order valence-corrected chi connectivity index (χ0v) is 19.7. The van der Waals surface area contributed by atoms with Crippen LogP contribution >= 0.6 is 23.2 Å². The lowest BCUT2D eigenvalue weighted by molar-refractivity contribution is -0.0464. The van der Waals surface area contributed by atoms with Crippen LogP contribution < -0.4 is 5.32 Å². The Morgan fingerprint density at radius 1 is 0.969 bits per heavy atom. The van der Waals surface area contributed by atoms with E-state index in [2.05, 4.69) is 45.4 Å². The van der Waals surface area contributed by atoms with E-state index in [-0.39, 0.29) is 12.1 Å². The van der Waals surface area contributed by atoms with E-state index in [9.17, 15) is 4.79 Å². The van der Waals surface area contributed by atoms with E-state index in [0.29, 0.717) is 28.8 Å². The number of halogens is 2. The molecule has 2 aliphatic rings. The number of morpholine rings is 1. The summed E-state index contributed by atoms with van der Waals surface area (Å²) in [4.78, 5) is 19.3. The molecule has 2 heterocycles. The van der Waals surface area contributed by atoms with Crippen molar-refractivity contribution in [3.63, 3.8) is 0 Å². The van der Waals surface area contributed by atoms with Crippen molar-refractivity contribution in [1.82, 2.24) is 14.7 Å². The number of anilines is 1. The molecule has 172 valence electrons. The molecule has 1 atom stereocenters. The third-order valence-corrected chi connectivity index (χ3v) is 6.81. The first kappa shape index (κ1) is 23.3. The number of benzene rings is 2. The summed E-state index contributed by atoms with van der Waals surface area (Å²) in [5.74, 6) is 0. The molecule has 8 heteroatoms. The van der Waals surface area contributed by atoms with E-state index in [1.54, 1.807) is 18.2 Å². The van der Waals surface area contributed by atoms with Gasteiger partial charge in [-0.15, -0.1) is 0 Å². The number of urea groups is 1. The molecule has 32 heavy (non-hydrogen) atoms. The molecule has 2 aliphatic heterocycles. The van der Waals surface area contributed by atoms with E-state index >= 15 is 0 Å². The normalized spacial score (nSPS) is 20.3. The standard InChI is InChI=1S/C24H30Cl2N4O2/c25-22-7-6-20(16-23(22)26)27-24(31)30-12-10-29(11-13-30)18-21-17-28(14-15-32-21)9-8-19-4-2-1-3-5-19/h1-7,16,21H,8-15,17-18H2,(H,27,31)/t21-/m1/s1. The van der Waals surface area contributed by atoms with Gasteiger partial charge >= 0.3 is 6.03 Å². The highest BCUT2D eigenvalue weighted by atomic mass is 35.5. The number of carbonyl (C=O) groups excluding carboxylic acids is 1. The largest absolute Gasteiger partial charge is 0.374 e. The number of amides is 2. The highest BCUT2D eigenvalue weighted by Crippen LogP contribution is 2.25. The summed E-state index contributed by atoms with van der Waals surface area (Å²) >= 11 is 12.0. The van der Waals surface area contributed by atoms with Crippen molar-refractivity contribution in [3.8, 4) is 0 Å². The first-order valence-electron chi connectivity index (χ1n) is 11.2. The summed E-state index contributed by atoms with van der Waals surface area (Å²) in [7, 11) is 0. The van der Waals surface area contributed by atoms with E-state index in [1.807, 2.05) is 4.90 Å². The van der Waals surface area contributed by atoms with Gasteiger partial charge in [-0.05, 0) is 30.2 Å². The molecule has 2 aromatic carbocycles. The lowest BCUT2D eigenvalue weighted by Gasteiger charge is -2.39. The topological polar surface area (TPSA) is 48.1 Å². The van der Waals surface area contributed by atoms with Crippen LogP contribution in [-0.4, -0.2) is 85.8 Å². The van der Waals surface area contributed by atoms with E-state index < -0.39 is 0 Å². The Morgan fingerprint density at radius 3 is 2.50 bits per heavy atom. The first-order chi connectivity index (χ1) is 15.6. The Balaban J connectivity index is 1.18. The van der Waals surface area contributed by atoms with Crippen molar-refractivity contribution < 1.29 is 9.53 Å². The van der Waals surface area contributed by atoms with Gasteiger partial charge in [0.2, 0.25) is 0 Å². The van der Waals surface area contributed by atoms with E-state index in [0.717, 1.165) is 52.3 Å². The molecule has 0 saturated carbocycles. The molecule has 0 aromatic heterocycles. The van der Waals surface area contributed by atoms with Gasteiger partial charge in [0.25, 0.3) is 0 Å². The Bertz CT molecular complexity index is 891. The summed E-state index contributed by atoms with van der Waals surface area (Å²) in [5.41, 5.74) is 2.03. The molecular formula is C24H30Cl2N4O2. The van der Waals surface area contributed by atoms with Crippen molar-refractivity contribution in [3.05, 3.63) is 64.1 Å². The Hall–Kier alpha value is -1.83. The summed E-state index contributed by atoms with van der Waals surface area (Å²) in [5, 5.41) is 3.81. The number of nitrogens with zero attached hydrogens (tertiary/aromatic N) is 3. The zero-order valence-electron chi connectivity index (χ0n) is 18.2. The second-order valence-corrected chi connectivity index (χ2v) is 9.19. The van der Waals surface area contributed by atoms with Gasteiger partial charge in [-0.3, -0.25) is 9.80 Å². The van der Waals surface area contributed by atoms with E-state index in [1.165, 1.54) is 5.56 Å². The SMILES string of the molecule is O=C(Nc1ccc(Cl)c(Cl)c1)N1CCN(C[C@H]2CN(CCc3ccccc3)CCO2)CC1. The zero-order chi connectivity index (χ0) is 22.3. The molecule has 0 unspecified atom stereocenters. The molecule has 0 spiro atoms. The molecule has 2 saturated heterocycles. The first-order valence-corrected chi connectivity index (χ1v) is 11.9. The number of nitrogens with one attached hydrogen (secondary N) is 1. The van der Waals surface area contributed by atoms with Crippen LogP contribution in [0.1, 0.15) is 5.56 Å². The van der Waals surface area contributed by atoms with Gasteiger partial charge in [0.15, 0.2) is 0 Å². The maximum atomic E-state index is 12.6. The maximum Gasteiger partial charge on any atom is 0.321 e. The van der Waals surface area contributed by atoms with Crippen molar-refractivity contribution in [2.75, 3.05) is 64.3 Å². The summed E-state index contributed by atoms with van der Waals surface area (Å²) in [6.45, 7) is 7.78. The highest BCUT2D eigenvalue weighted by molar-refractivity contribution is 6.42. The quantitative estimate of drug-likeness (QED) is 0.681. The van der Waals surface area contributed by atoms with Crippen molar-refractivity contribution in [1.29, 1.82) is 0 Å². The number of rotatable bonds is 6. The lowest BCUT2D eigenvalue weighted by Crippen LogP contribution is -2.54. The Labute approximate surface area is 200 Å². The van der Waals surface area contributed by atoms with Crippen molar-refractivity contribution in [2.45, 2.75) is 12.5 Å². The van der Waals surface area contributed by atoms with Gasteiger partial charge in [-0.25, -0.2) is 4.79 Å². The van der Waals surface area contributed by atoms with Gasteiger partial charge in [0.05, 0.1) is 22.8 Å². The number of hydrogen-bond donors (Lipinski definition) is 1. The van der Waals surface area contributed by atoms with E-state index in [4.69, 9.17) is 27.9 Å². The van der Waals surface area contributed by atoms with Crippen LogP contribution in [0.2, 0.25) is 10.0 Å². The molecule has 4 rings (SSSR count). The fraction of sp³-hybridized carbons (Fsp3) is 0.458. The average molecular weight is 477 g/mol. The molecule has 2 fully saturated rings. The number of hydrogen-bond acceptors (Lipinski definition) is 4. The summed E-state index contributed by atoms with van der Waals surface area (Å²) in [6.07, 6.45) is 1.29. The predicted molar refractivity (Wildman–Crippen MR) is 130 cm³/mol. The average Bonchev–Trinajstić information content (AvgIpc) is 2.81. The van der Waals surface area contributed by atoms with Crippen molar-refractivity contribution in [2.24, 2.45) is 0 Å². The van der Waals surface area contributed by atoms with Gasteiger partial charge in [-0.1, -0.05) is 53.5 Å². The smallest absolute Gasteiger partial charge is 0.321 e. The molecular weight excluding hydrogens is 447 g/mol. The van der Waals surface area contributed by atoms with Crippen LogP contribution in [0.5, 0.6) is 0 Å². The summed E-state index contributed by atoms with van der Waals surface area (Å²) in [6, 6.07) is 15.6. The van der Waals surface area contributed by atoms with Gasteiger partial charge in [0, 0.05) is 58.0 Å². The monoisotopic (exact) mass is 476 g/mol. The summed E-state index contributed by atoms with van der Waals surface area (Å²) < 4.78 is 6.04. The van der Waals surface area contributed by atoms with Crippen LogP contribution in [-0.2, 0) is 11.2 Å². The van der Waals surface area contributed by atoms with Crippen molar-refractivity contribution >= 4 is 34.9 Å². The highest BCUT2D eigenvalue weighted by Gasteiger charge is 2.26. The van der Waals surface area contributed by atoms with Crippen LogP contribution in [0.25, 0.3) is 0 Å². The van der Waals surface area contributed by atoms with Gasteiger partial charge in [0.1, 0.15) is 0 Å². The minimum atomic E-state index is -0.107. The fourth-order valence-corrected chi connectivity index (χ4v) is 4.52. The molecule has 0 bridgehead atoms. The van der Waals surface area contributed by atoms with Crippen LogP contribution in [0.3, 0.4) is 0 Å². The maximum absolute atomic E-state index is 12.6. The molecule has 2 amide bonds. The molecule has 1 N–H and O–H groups in total. The third-order valence-electron chi connectivity index (χ3n) is 6.07. The lowest BCUT2D eigenvalue weighted by atomic mass is 10.1. The number of piperazine rings is 1. The Morgan fingerprint density at radius 2 is 1.75 bits per heavy atom. The third kappa shape index (κ3) is 6.59. The molecule has 0 aliphatic carbocycles. The van der Waals surface area contributed by atoms with Crippen LogP contribution in [0.15, 0.2) is 48.5 Å². The number of ether oxygens (including phenoxy) is 1. The minimum Gasteiger partial charge on any atom is -0.374 e. The molecule has 2 aromatic rings. The van der Waals surface area contributed by atoms with Gasteiger partial charge < -0.3 is 15.0 Å². The van der Waals surface area contributed by atoms with Crippen LogP contribution in [0.4, 0.5) is 10.5 Å². The van der Waals surface area contributed by atoms with Gasteiger partial charge in [-0.2, -0.15) is 0 Å². The number of carbonyl (C=O) groups is 1.